The fourth-order valence-corrected chi connectivity index (χ4v) is 4.30. The lowest BCUT2D eigenvalue weighted by molar-refractivity contribution is 0.603. The smallest absolute Gasteiger partial charge is 0.134 e. The first-order chi connectivity index (χ1) is 18.2. The van der Waals surface area contributed by atoms with Gasteiger partial charge in [0, 0.05) is 27.6 Å². The lowest BCUT2D eigenvalue weighted by Crippen LogP contribution is -1.93. The Kier molecular flexibility index (Phi) is 9.35. The molecule has 1 heteroatoms. The molecule has 0 atom stereocenters. The van der Waals surface area contributed by atoms with Crippen molar-refractivity contribution in [3.8, 4) is 23.7 Å². The van der Waals surface area contributed by atoms with Crippen LogP contribution in [0.4, 0.5) is 4.39 Å². The second-order valence-electron chi connectivity index (χ2n) is 9.39. The van der Waals surface area contributed by atoms with Crippen LogP contribution >= 0.6 is 0 Å². The third kappa shape index (κ3) is 7.46. The zero-order chi connectivity index (χ0) is 25.9. The molecular weight excluding hydrogens is 451 g/mol. The van der Waals surface area contributed by atoms with Crippen molar-refractivity contribution in [2.75, 3.05) is 0 Å². The standard InChI is InChI=1S/C36H33F/c1-3-5-7-8-10-33-24-25-34-27-32(23-26-35(34)36(33)37)22-21-31-19-17-30(18-20-31)16-15-29-13-11-28(12-14-29)9-6-4-2/h4,11-14,17-20,23-27H,2-3,5-10H2,1H3. The van der Waals surface area contributed by atoms with Crippen LogP contribution in [0, 0.1) is 29.5 Å². The number of halogens is 1. The lowest BCUT2D eigenvalue weighted by Gasteiger charge is -2.07. The van der Waals surface area contributed by atoms with Gasteiger partial charge in [0.05, 0.1) is 0 Å². The van der Waals surface area contributed by atoms with E-state index >= 15 is 0 Å². The van der Waals surface area contributed by atoms with Crippen molar-refractivity contribution in [2.24, 2.45) is 0 Å². The maximum atomic E-state index is 15.0. The summed E-state index contributed by atoms with van der Waals surface area (Å²) in [5.41, 5.74) is 5.86. The molecule has 0 spiro atoms. The molecule has 0 saturated heterocycles. The van der Waals surface area contributed by atoms with Gasteiger partial charge in [0.25, 0.3) is 0 Å². The van der Waals surface area contributed by atoms with E-state index < -0.39 is 0 Å². The van der Waals surface area contributed by atoms with Gasteiger partial charge in [0.15, 0.2) is 0 Å². The van der Waals surface area contributed by atoms with Crippen LogP contribution < -0.4 is 0 Å². The number of unbranched alkanes of at least 4 members (excludes halogenated alkanes) is 3. The molecule has 0 bridgehead atoms. The van der Waals surface area contributed by atoms with Crippen LogP contribution in [0.15, 0.2) is 91.5 Å². The highest BCUT2D eigenvalue weighted by atomic mass is 19.1. The second kappa shape index (κ2) is 13.3. The molecule has 0 saturated carbocycles. The Bertz CT molecular complexity index is 1470. The number of hydrogen-bond donors (Lipinski definition) is 0. The summed E-state index contributed by atoms with van der Waals surface area (Å²) in [6.07, 6.45) is 9.32. The Labute approximate surface area is 221 Å². The number of hydrogen-bond acceptors (Lipinski definition) is 0. The van der Waals surface area contributed by atoms with Crippen LogP contribution in [0.3, 0.4) is 0 Å². The molecule has 4 aromatic rings. The Morgan fingerprint density at radius 2 is 1.27 bits per heavy atom. The maximum absolute atomic E-state index is 15.0. The van der Waals surface area contributed by atoms with Gasteiger partial charge >= 0.3 is 0 Å². The number of fused-ring (bicyclic) bond motifs is 1. The Morgan fingerprint density at radius 1 is 0.676 bits per heavy atom. The third-order valence-electron chi connectivity index (χ3n) is 6.51. The molecule has 0 radical (unpaired) electrons. The fourth-order valence-electron chi connectivity index (χ4n) is 4.30. The van der Waals surface area contributed by atoms with Crippen LogP contribution in [0.1, 0.15) is 72.4 Å². The summed E-state index contributed by atoms with van der Waals surface area (Å²) in [5, 5.41) is 1.56. The molecule has 37 heavy (non-hydrogen) atoms. The average Bonchev–Trinajstić information content (AvgIpc) is 2.94. The van der Waals surface area contributed by atoms with E-state index in [0.29, 0.717) is 5.39 Å². The van der Waals surface area contributed by atoms with E-state index in [0.717, 1.165) is 65.3 Å². The monoisotopic (exact) mass is 484 g/mol. The van der Waals surface area contributed by atoms with Gasteiger partial charge < -0.3 is 0 Å². The van der Waals surface area contributed by atoms with Crippen molar-refractivity contribution in [2.45, 2.75) is 51.9 Å². The van der Waals surface area contributed by atoms with E-state index in [1.165, 1.54) is 18.4 Å². The topological polar surface area (TPSA) is 0 Å². The average molecular weight is 485 g/mol. The molecule has 0 aliphatic rings. The van der Waals surface area contributed by atoms with Crippen molar-refractivity contribution in [3.63, 3.8) is 0 Å². The van der Waals surface area contributed by atoms with Gasteiger partial charge in [0.1, 0.15) is 5.82 Å². The van der Waals surface area contributed by atoms with E-state index in [9.17, 15) is 4.39 Å². The quantitative estimate of drug-likeness (QED) is 0.133. The first-order valence-electron chi connectivity index (χ1n) is 13.2. The molecule has 0 unspecified atom stereocenters. The number of rotatable bonds is 8. The van der Waals surface area contributed by atoms with Crippen LogP contribution in [-0.4, -0.2) is 0 Å². The number of aryl methyl sites for hydroxylation is 2. The van der Waals surface area contributed by atoms with E-state index in [1.807, 2.05) is 60.7 Å². The van der Waals surface area contributed by atoms with Gasteiger partial charge in [-0.05, 0) is 90.7 Å². The SMILES string of the molecule is C=CCCc1ccc(C#Cc2ccc(C#Cc3ccc4c(F)c(CCCCCC)ccc4c3)cc2)cc1. The lowest BCUT2D eigenvalue weighted by atomic mass is 10.00. The highest BCUT2D eigenvalue weighted by Gasteiger charge is 2.07. The van der Waals surface area contributed by atoms with E-state index in [1.54, 1.807) is 0 Å². The number of allylic oxidation sites excluding steroid dienone is 1. The molecule has 0 heterocycles. The predicted molar refractivity (Wildman–Crippen MR) is 155 cm³/mol. The van der Waals surface area contributed by atoms with Gasteiger partial charge in [-0.15, -0.1) is 6.58 Å². The normalized spacial score (nSPS) is 10.3. The molecule has 0 aliphatic heterocycles. The van der Waals surface area contributed by atoms with Gasteiger partial charge in [-0.25, -0.2) is 4.39 Å². The minimum Gasteiger partial charge on any atom is -0.206 e. The first kappa shape index (κ1) is 26.0. The van der Waals surface area contributed by atoms with Crippen molar-refractivity contribution in [1.82, 2.24) is 0 Å². The van der Waals surface area contributed by atoms with Gasteiger partial charge in [-0.2, -0.15) is 0 Å². The predicted octanol–water partition coefficient (Wildman–Crippen LogP) is 9.02. The molecule has 184 valence electrons. The van der Waals surface area contributed by atoms with Crippen molar-refractivity contribution >= 4 is 10.8 Å². The largest absolute Gasteiger partial charge is 0.206 e. The van der Waals surface area contributed by atoms with Crippen LogP contribution in [0.2, 0.25) is 0 Å². The molecule has 0 fully saturated rings. The molecular formula is C36H33F. The summed E-state index contributed by atoms with van der Waals surface area (Å²) in [6, 6.07) is 26.0. The minimum atomic E-state index is -0.0890. The van der Waals surface area contributed by atoms with E-state index in [2.05, 4.69) is 61.4 Å². The summed E-state index contributed by atoms with van der Waals surface area (Å²) >= 11 is 0. The summed E-state index contributed by atoms with van der Waals surface area (Å²) < 4.78 is 15.0. The van der Waals surface area contributed by atoms with E-state index in [4.69, 9.17) is 0 Å². The molecule has 0 amide bonds. The van der Waals surface area contributed by atoms with Crippen LogP contribution in [0.5, 0.6) is 0 Å². The zero-order valence-electron chi connectivity index (χ0n) is 21.6. The number of benzene rings is 4. The van der Waals surface area contributed by atoms with Gasteiger partial charge in [-0.3, -0.25) is 0 Å². The summed E-state index contributed by atoms with van der Waals surface area (Å²) in [6.45, 7) is 5.96. The third-order valence-corrected chi connectivity index (χ3v) is 6.51. The molecule has 4 rings (SSSR count). The fraction of sp³-hybridized carbons (Fsp3) is 0.222. The van der Waals surface area contributed by atoms with Crippen molar-refractivity contribution < 1.29 is 4.39 Å². The first-order valence-corrected chi connectivity index (χ1v) is 13.2. The summed E-state index contributed by atoms with van der Waals surface area (Å²) in [5.74, 6) is 12.8. The Balaban J connectivity index is 1.41. The summed E-state index contributed by atoms with van der Waals surface area (Å²) in [4.78, 5) is 0. The van der Waals surface area contributed by atoms with Crippen LogP contribution in [0.25, 0.3) is 10.8 Å². The van der Waals surface area contributed by atoms with E-state index in [-0.39, 0.29) is 5.82 Å². The van der Waals surface area contributed by atoms with Crippen molar-refractivity contribution in [1.29, 1.82) is 0 Å². The highest BCUT2D eigenvalue weighted by Crippen LogP contribution is 2.24. The van der Waals surface area contributed by atoms with Gasteiger partial charge in [-0.1, -0.05) is 86.3 Å². The van der Waals surface area contributed by atoms with Crippen LogP contribution in [-0.2, 0) is 12.8 Å². The maximum Gasteiger partial charge on any atom is 0.134 e. The Morgan fingerprint density at radius 3 is 1.89 bits per heavy atom. The Hall–Kier alpha value is -4.07. The minimum absolute atomic E-state index is 0.0890. The second-order valence-corrected chi connectivity index (χ2v) is 9.39. The van der Waals surface area contributed by atoms with Crippen molar-refractivity contribution in [3.05, 3.63) is 131 Å². The summed E-state index contributed by atoms with van der Waals surface area (Å²) in [7, 11) is 0. The molecule has 0 nitrogen and oxygen atoms in total. The molecule has 4 aromatic carbocycles. The highest BCUT2D eigenvalue weighted by molar-refractivity contribution is 5.85. The molecule has 0 aromatic heterocycles. The molecule has 0 N–H and O–H groups in total. The zero-order valence-corrected chi connectivity index (χ0v) is 21.6. The van der Waals surface area contributed by atoms with Gasteiger partial charge in [0.2, 0.25) is 0 Å². The molecule has 0 aliphatic carbocycles.